The van der Waals surface area contributed by atoms with Gasteiger partial charge in [0, 0.05) is 23.4 Å². The molecule has 9 heteroatoms. The maximum Gasteiger partial charge on any atom is 0.324 e. The molecule has 1 N–H and O–H groups in total. The summed E-state index contributed by atoms with van der Waals surface area (Å²) >= 11 is 0. The van der Waals surface area contributed by atoms with Crippen LogP contribution in [0.25, 0.3) is 10.4 Å². The average Bonchev–Trinajstić information content (AvgIpc) is 2.84. The molecule has 0 aromatic heterocycles. The minimum atomic E-state index is -3.62. The number of unbranched alkanes of at least 4 members (excludes halogenated alkanes) is 2. The molecule has 2 aromatic rings. The lowest BCUT2D eigenvalue weighted by atomic mass is 10.0. The second-order valence-corrected chi connectivity index (χ2v) is 9.57. The van der Waals surface area contributed by atoms with E-state index >= 15 is 0 Å². The van der Waals surface area contributed by atoms with E-state index < -0.39 is 22.0 Å². The molecule has 0 radical (unpaired) electrons. The summed E-state index contributed by atoms with van der Waals surface area (Å²) in [6.45, 7) is 2.40. The van der Waals surface area contributed by atoms with Crippen LogP contribution in [-0.2, 0) is 32.6 Å². The third kappa shape index (κ3) is 10.5. The minimum absolute atomic E-state index is 0.0415. The van der Waals surface area contributed by atoms with Gasteiger partial charge in [-0.2, -0.15) is 0 Å². The quantitative estimate of drug-likeness (QED) is 0.113. The second-order valence-electron chi connectivity index (χ2n) is 7.70. The highest BCUT2D eigenvalue weighted by Gasteiger charge is 2.26. The van der Waals surface area contributed by atoms with Gasteiger partial charge in [-0.15, -0.1) is 0 Å². The first kappa shape index (κ1) is 26.9. The average molecular weight is 483 g/mol. The monoisotopic (exact) mass is 482 g/mol. The predicted octanol–water partition coefficient (Wildman–Crippen LogP) is 4.50. The van der Waals surface area contributed by atoms with Gasteiger partial charge in [0.05, 0.1) is 5.75 Å². The van der Waals surface area contributed by atoms with Crippen LogP contribution >= 0.6 is 0 Å². The molecule has 0 saturated carbocycles. The Labute approximate surface area is 201 Å². The van der Waals surface area contributed by atoms with Gasteiger partial charge in [0.1, 0.15) is 12.6 Å². The van der Waals surface area contributed by atoms with E-state index in [9.17, 15) is 13.2 Å². The molecule has 0 spiro atoms. The number of nitrogens with zero attached hydrogens (tertiary/aromatic N) is 3. The fourth-order valence-corrected chi connectivity index (χ4v) is 4.42. The molecule has 1 atom stereocenters. The molecule has 0 amide bonds. The molecule has 1 unspecified atom stereocenters. The third-order valence-electron chi connectivity index (χ3n) is 4.85. The Hall–Kier alpha value is -3.31. The summed E-state index contributed by atoms with van der Waals surface area (Å²) in [5.41, 5.74) is 10.7. The molecule has 2 aromatic carbocycles. The highest BCUT2D eigenvalue weighted by molar-refractivity contribution is 7.89. The molecule has 0 fully saturated rings. The van der Waals surface area contributed by atoms with E-state index in [-0.39, 0.29) is 18.8 Å². The largest absolute Gasteiger partial charge is 0.460 e. The van der Waals surface area contributed by atoms with Crippen LogP contribution in [0, 0.1) is 11.8 Å². The van der Waals surface area contributed by atoms with Crippen molar-refractivity contribution in [1.29, 1.82) is 0 Å². The number of esters is 1. The van der Waals surface area contributed by atoms with Crippen LogP contribution in [0.3, 0.4) is 0 Å². The number of hydrogen-bond acceptors (Lipinski definition) is 5. The molecule has 8 nitrogen and oxygen atoms in total. The summed E-state index contributed by atoms with van der Waals surface area (Å²) < 4.78 is 32.9. The van der Waals surface area contributed by atoms with Crippen LogP contribution in [-0.4, -0.2) is 32.7 Å². The van der Waals surface area contributed by atoms with E-state index in [1.807, 2.05) is 61.5 Å². The maximum absolute atomic E-state index is 12.8. The van der Waals surface area contributed by atoms with Crippen LogP contribution in [0.1, 0.15) is 49.3 Å². The number of carbonyl (C=O) groups excluding carboxylic acids is 1. The molecule has 0 bridgehead atoms. The van der Waals surface area contributed by atoms with Crippen LogP contribution < -0.4 is 4.72 Å². The number of sulfonamides is 1. The van der Waals surface area contributed by atoms with Crippen molar-refractivity contribution in [2.75, 3.05) is 12.3 Å². The lowest BCUT2D eigenvalue weighted by Crippen LogP contribution is -2.44. The fraction of sp³-hybridized carbons (Fsp3) is 0.400. The molecule has 0 aliphatic heterocycles. The first-order valence-electron chi connectivity index (χ1n) is 11.2. The van der Waals surface area contributed by atoms with Crippen molar-refractivity contribution in [3.63, 3.8) is 0 Å². The number of ether oxygens (including phenoxy) is 1. The van der Waals surface area contributed by atoms with Crippen molar-refractivity contribution >= 4 is 16.0 Å². The topological polar surface area (TPSA) is 121 Å². The predicted molar refractivity (Wildman–Crippen MR) is 132 cm³/mol. The molecule has 0 heterocycles. The zero-order valence-electron chi connectivity index (χ0n) is 19.3. The Morgan fingerprint density at radius 3 is 2.53 bits per heavy atom. The van der Waals surface area contributed by atoms with Crippen molar-refractivity contribution in [3.05, 3.63) is 81.7 Å². The van der Waals surface area contributed by atoms with Gasteiger partial charge in [0.15, 0.2) is 0 Å². The van der Waals surface area contributed by atoms with Crippen molar-refractivity contribution in [2.24, 2.45) is 5.11 Å². The number of azide groups is 1. The lowest BCUT2D eigenvalue weighted by molar-refractivity contribution is -0.147. The first-order valence-corrected chi connectivity index (χ1v) is 12.9. The van der Waals surface area contributed by atoms with Crippen LogP contribution in [0.5, 0.6) is 0 Å². The maximum atomic E-state index is 12.8. The van der Waals surface area contributed by atoms with Gasteiger partial charge >= 0.3 is 5.97 Å². The third-order valence-corrected chi connectivity index (χ3v) is 6.32. The van der Waals surface area contributed by atoms with Gasteiger partial charge in [-0.25, -0.2) is 13.1 Å². The van der Waals surface area contributed by atoms with Gasteiger partial charge in [0.25, 0.3) is 0 Å². The molecule has 0 saturated heterocycles. The minimum Gasteiger partial charge on any atom is -0.460 e. The molecular weight excluding hydrogens is 452 g/mol. The Morgan fingerprint density at radius 2 is 1.85 bits per heavy atom. The molecule has 34 heavy (non-hydrogen) atoms. The summed E-state index contributed by atoms with van der Waals surface area (Å²) in [6, 6.07) is 15.5. The number of carbonyl (C=O) groups is 1. The van der Waals surface area contributed by atoms with E-state index in [0.29, 0.717) is 25.8 Å². The van der Waals surface area contributed by atoms with Gasteiger partial charge < -0.3 is 4.74 Å². The van der Waals surface area contributed by atoms with Crippen LogP contribution in [0.15, 0.2) is 59.7 Å². The normalized spacial score (nSPS) is 11.6. The van der Waals surface area contributed by atoms with E-state index in [0.717, 1.165) is 23.1 Å². The Kier molecular flexibility index (Phi) is 11.7. The smallest absolute Gasteiger partial charge is 0.324 e. The molecule has 180 valence electrons. The Balaban J connectivity index is 2.05. The first-order chi connectivity index (χ1) is 16.4. The van der Waals surface area contributed by atoms with Gasteiger partial charge in [-0.05, 0) is 48.1 Å². The van der Waals surface area contributed by atoms with E-state index in [1.54, 1.807) is 0 Å². The number of benzene rings is 2. The summed E-state index contributed by atoms with van der Waals surface area (Å²) in [6.07, 6.45) is 2.73. The number of hydrogen-bond donors (Lipinski definition) is 1. The molecule has 2 rings (SSSR count). The summed E-state index contributed by atoms with van der Waals surface area (Å²) in [5.74, 6) is 5.40. The molecule has 0 aliphatic rings. The van der Waals surface area contributed by atoms with E-state index in [2.05, 4.69) is 26.6 Å². The van der Waals surface area contributed by atoms with Crippen LogP contribution in [0.2, 0.25) is 0 Å². The van der Waals surface area contributed by atoms with Gasteiger partial charge in [0.2, 0.25) is 10.0 Å². The Bertz CT molecular complexity index is 1120. The lowest BCUT2D eigenvalue weighted by Gasteiger charge is -2.18. The van der Waals surface area contributed by atoms with Crippen molar-refractivity contribution in [3.8, 4) is 11.8 Å². The zero-order valence-corrected chi connectivity index (χ0v) is 20.1. The standard InChI is InChI=1S/C25H30N4O4S/c1-2-3-18-34(31,32)28-24(25(30)33-20-23-11-6-4-7-12-23)19-22-15-13-21(14-16-22)10-8-5-9-17-27-29-26/h4,6-7,11-16,24,28H,2-3,5,9,17-20H2,1H3. The van der Waals surface area contributed by atoms with Gasteiger partial charge in [-0.1, -0.05) is 72.8 Å². The van der Waals surface area contributed by atoms with Crippen molar-refractivity contribution < 1.29 is 17.9 Å². The molecular formula is C25H30N4O4S. The zero-order chi connectivity index (χ0) is 24.7. The number of rotatable bonds is 13. The van der Waals surface area contributed by atoms with Gasteiger partial charge in [-0.3, -0.25) is 4.79 Å². The molecule has 0 aliphatic carbocycles. The van der Waals surface area contributed by atoms with E-state index in [4.69, 9.17) is 10.3 Å². The van der Waals surface area contributed by atoms with Crippen LogP contribution in [0.4, 0.5) is 0 Å². The highest BCUT2D eigenvalue weighted by atomic mass is 32.2. The van der Waals surface area contributed by atoms with E-state index in [1.165, 1.54) is 0 Å². The van der Waals surface area contributed by atoms with Crippen molar-refractivity contribution in [2.45, 2.75) is 51.7 Å². The highest BCUT2D eigenvalue weighted by Crippen LogP contribution is 2.11. The Morgan fingerprint density at radius 1 is 1.12 bits per heavy atom. The summed E-state index contributed by atoms with van der Waals surface area (Å²) in [4.78, 5) is 15.5. The second kappa shape index (κ2) is 14.8. The summed E-state index contributed by atoms with van der Waals surface area (Å²) in [5, 5.41) is 3.47. The fourth-order valence-electron chi connectivity index (χ4n) is 3.02. The van der Waals surface area contributed by atoms with Crippen molar-refractivity contribution in [1.82, 2.24) is 4.72 Å². The SMILES string of the molecule is CCCCS(=O)(=O)NC(Cc1ccc(C#CCCCN=[N+]=[N-])cc1)C(=O)OCc1ccccc1. The number of nitrogens with one attached hydrogen (secondary N) is 1. The summed E-state index contributed by atoms with van der Waals surface area (Å²) in [7, 11) is -3.62.